The van der Waals surface area contributed by atoms with Crippen molar-refractivity contribution in [2.24, 2.45) is 0 Å². The van der Waals surface area contributed by atoms with Crippen LogP contribution in [0, 0.1) is 0 Å². The van der Waals surface area contributed by atoms with Crippen LogP contribution in [0.25, 0.3) is 11.1 Å². The van der Waals surface area contributed by atoms with Crippen LogP contribution in [0.3, 0.4) is 0 Å². The third kappa shape index (κ3) is 5.20. The summed E-state index contributed by atoms with van der Waals surface area (Å²) >= 11 is 0. The molecule has 1 aliphatic rings. The lowest BCUT2D eigenvalue weighted by atomic mass is 9.98. The predicted octanol–water partition coefficient (Wildman–Crippen LogP) is 3.40. The number of carbonyl (C=O) groups excluding carboxylic acids is 1. The van der Waals surface area contributed by atoms with Crippen molar-refractivity contribution in [3.8, 4) is 11.1 Å². The van der Waals surface area contributed by atoms with Crippen molar-refractivity contribution in [1.29, 1.82) is 0 Å². The molecule has 2 aromatic carbocycles. The fraction of sp³-hybridized carbons (Fsp3) is 0.292. The van der Waals surface area contributed by atoms with Crippen LogP contribution in [0.15, 0.2) is 54.7 Å². The molecule has 1 aromatic heterocycles. The van der Waals surface area contributed by atoms with Gasteiger partial charge in [0, 0.05) is 24.2 Å². The van der Waals surface area contributed by atoms with E-state index in [1.165, 1.54) is 0 Å². The molecule has 5 N–H and O–H groups in total. The van der Waals surface area contributed by atoms with Crippen LogP contribution in [-0.4, -0.2) is 45.5 Å². The normalized spacial score (nSPS) is 14.7. The number of hydrogen-bond acceptors (Lipinski definition) is 7. The number of nitrogens with two attached hydrogens (primary N) is 1. The minimum absolute atomic E-state index is 0.0861. The molecule has 11 heteroatoms. The molecule has 1 amide bonds. The second kappa shape index (κ2) is 9.88. The molecule has 0 aliphatic heterocycles. The van der Waals surface area contributed by atoms with Crippen LogP contribution in [-0.2, 0) is 10.9 Å². The number of amides is 1. The second-order valence-corrected chi connectivity index (χ2v) is 8.08. The Kier molecular flexibility index (Phi) is 6.90. The number of alkyl halides is 3. The van der Waals surface area contributed by atoms with E-state index in [1.807, 2.05) is 48.5 Å². The van der Waals surface area contributed by atoms with Crippen molar-refractivity contribution < 1.29 is 32.9 Å². The van der Waals surface area contributed by atoms with Crippen molar-refractivity contribution in [1.82, 2.24) is 15.3 Å². The number of nitrogens with one attached hydrogen (secondary N) is 1. The molecule has 35 heavy (non-hydrogen) atoms. The Balaban J connectivity index is 1.31. The van der Waals surface area contributed by atoms with Gasteiger partial charge in [-0.2, -0.15) is 13.2 Å². The lowest BCUT2D eigenvalue weighted by Crippen LogP contribution is -2.31. The number of ether oxygens (including phenoxy) is 1. The first-order valence-electron chi connectivity index (χ1n) is 10.8. The summed E-state index contributed by atoms with van der Waals surface area (Å²) in [6.07, 6.45) is -8.73. The first kappa shape index (κ1) is 24.4. The van der Waals surface area contributed by atoms with Gasteiger partial charge >= 0.3 is 12.3 Å². The summed E-state index contributed by atoms with van der Waals surface area (Å²) in [5, 5.41) is 22.8. The molecule has 0 radical (unpaired) electrons. The van der Waals surface area contributed by atoms with E-state index in [2.05, 4.69) is 15.3 Å². The summed E-state index contributed by atoms with van der Waals surface area (Å²) in [7, 11) is 0. The van der Waals surface area contributed by atoms with E-state index in [4.69, 9.17) is 10.5 Å². The molecule has 0 saturated heterocycles. The average molecular weight is 488 g/mol. The molecular weight excluding hydrogens is 465 g/mol. The minimum atomic E-state index is -4.90. The summed E-state index contributed by atoms with van der Waals surface area (Å²) in [6, 6.07) is 15.7. The number of hydrogen-bond donors (Lipinski definition) is 4. The molecule has 8 nitrogen and oxygen atoms in total. The molecule has 1 aliphatic carbocycles. The number of benzene rings is 2. The van der Waals surface area contributed by atoms with Crippen LogP contribution >= 0.6 is 0 Å². The van der Waals surface area contributed by atoms with Gasteiger partial charge in [-0.3, -0.25) is 0 Å². The fourth-order valence-corrected chi connectivity index (χ4v) is 4.18. The number of alkyl carbamates (subject to hydrolysis) is 1. The maximum Gasteiger partial charge on any atom is 0.433 e. The number of nitrogen functional groups attached to an aromatic ring is 1. The maximum absolute atomic E-state index is 13.2. The number of rotatable bonds is 7. The van der Waals surface area contributed by atoms with Crippen LogP contribution in [0.4, 0.5) is 23.9 Å². The quantitative estimate of drug-likeness (QED) is 0.401. The van der Waals surface area contributed by atoms with Crippen LogP contribution in [0.2, 0.25) is 0 Å². The van der Waals surface area contributed by atoms with Crippen LogP contribution < -0.4 is 11.1 Å². The van der Waals surface area contributed by atoms with E-state index < -0.39 is 41.7 Å². The van der Waals surface area contributed by atoms with Crippen molar-refractivity contribution in [2.75, 3.05) is 18.9 Å². The van der Waals surface area contributed by atoms with E-state index in [0.29, 0.717) is 0 Å². The van der Waals surface area contributed by atoms with Crippen molar-refractivity contribution in [3.63, 3.8) is 0 Å². The van der Waals surface area contributed by atoms with Gasteiger partial charge < -0.3 is 26.0 Å². The number of halogens is 3. The molecule has 3 aromatic rings. The molecule has 0 saturated carbocycles. The Hall–Kier alpha value is -3.70. The Morgan fingerprint density at radius 1 is 1.09 bits per heavy atom. The highest BCUT2D eigenvalue weighted by atomic mass is 19.4. The number of aromatic nitrogens is 2. The number of anilines is 1. The zero-order valence-electron chi connectivity index (χ0n) is 18.4. The monoisotopic (exact) mass is 488 g/mol. The van der Waals surface area contributed by atoms with Gasteiger partial charge in [-0.05, 0) is 28.7 Å². The van der Waals surface area contributed by atoms with E-state index in [-0.39, 0.29) is 25.5 Å². The summed E-state index contributed by atoms with van der Waals surface area (Å²) in [5.41, 5.74) is 7.33. The smallest absolute Gasteiger partial charge is 0.433 e. The molecule has 0 fully saturated rings. The van der Waals surface area contributed by atoms with Gasteiger partial charge in [-0.15, -0.1) is 0 Å². The molecule has 184 valence electrons. The molecule has 4 rings (SSSR count). The lowest BCUT2D eigenvalue weighted by molar-refractivity contribution is -0.143. The second-order valence-electron chi connectivity index (χ2n) is 8.08. The van der Waals surface area contributed by atoms with Gasteiger partial charge in [-0.25, -0.2) is 14.8 Å². The Bertz CT molecular complexity index is 1180. The van der Waals surface area contributed by atoms with Gasteiger partial charge in [0.1, 0.15) is 12.7 Å². The van der Waals surface area contributed by atoms with Gasteiger partial charge in [0.05, 0.1) is 6.10 Å². The summed E-state index contributed by atoms with van der Waals surface area (Å²) < 4.78 is 45.0. The number of aliphatic hydroxyl groups excluding tert-OH is 2. The van der Waals surface area contributed by atoms with Crippen molar-refractivity contribution >= 4 is 12.0 Å². The van der Waals surface area contributed by atoms with E-state index in [1.54, 1.807) is 0 Å². The summed E-state index contributed by atoms with van der Waals surface area (Å²) in [6.45, 7) is -0.0607. The van der Waals surface area contributed by atoms with Crippen molar-refractivity contribution in [3.05, 3.63) is 77.1 Å². The van der Waals surface area contributed by atoms with Gasteiger partial charge in [0.15, 0.2) is 5.69 Å². The zero-order chi connectivity index (χ0) is 25.2. The molecule has 0 spiro atoms. The third-order valence-corrected chi connectivity index (χ3v) is 5.84. The number of carbonyl (C=O) groups is 1. The highest BCUT2D eigenvalue weighted by Gasteiger charge is 2.39. The van der Waals surface area contributed by atoms with Crippen molar-refractivity contribution in [2.45, 2.75) is 30.7 Å². The van der Waals surface area contributed by atoms with Crippen LogP contribution in [0.1, 0.15) is 40.8 Å². The zero-order valence-corrected chi connectivity index (χ0v) is 18.4. The van der Waals surface area contributed by atoms with Gasteiger partial charge in [0.25, 0.3) is 0 Å². The van der Waals surface area contributed by atoms with Gasteiger partial charge in [-0.1, -0.05) is 48.5 Å². The van der Waals surface area contributed by atoms with Gasteiger partial charge in [0.2, 0.25) is 5.95 Å². The maximum atomic E-state index is 13.2. The molecular formula is C24H23F3N4O4. The minimum Gasteiger partial charge on any atom is -0.449 e. The highest BCUT2D eigenvalue weighted by molar-refractivity contribution is 5.79. The van der Waals surface area contributed by atoms with E-state index in [0.717, 1.165) is 28.5 Å². The number of aliphatic hydroxyl groups is 2. The third-order valence-electron chi connectivity index (χ3n) is 5.84. The molecule has 1 heterocycles. The first-order valence-corrected chi connectivity index (χ1v) is 10.8. The average Bonchev–Trinajstić information content (AvgIpc) is 3.15. The van der Waals surface area contributed by atoms with E-state index >= 15 is 0 Å². The predicted molar refractivity (Wildman–Crippen MR) is 120 cm³/mol. The first-order chi connectivity index (χ1) is 16.7. The summed E-state index contributed by atoms with van der Waals surface area (Å²) in [5.74, 6) is -0.744. The van der Waals surface area contributed by atoms with E-state index in [9.17, 15) is 28.2 Å². The standard InChI is InChI=1S/C24H23F3N4O4/c25-24(26,27)21-17(11-30-22(28)31-21)20(33)19(32)9-10-29-23(34)35-12-18-15-7-3-1-5-13(15)14-6-2-4-8-16(14)18/h1-8,11,18-20,32-33H,9-10,12H2,(H,29,34)(H2,28,30,31). The number of nitrogens with zero attached hydrogens (tertiary/aromatic N) is 2. The molecule has 2 unspecified atom stereocenters. The molecule has 0 bridgehead atoms. The lowest BCUT2D eigenvalue weighted by Gasteiger charge is -2.21. The Morgan fingerprint density at radius 2 is 1.69 bits per heavy atom. The van der Waals surface area contributed by atoms with Crippen LogP contribution in [0.5, 0.6) is 0 Å². The number of fused-ring (bicyclic) bond motifs is 3. The fourth-order valence-electron chi connectivity index (χ4n) is 4.18. The highest BCUT2D eigenvalue weighted by Crippen LogP contribution is 2.44. The molecule has 2 atom stereocenters. The summed E-state index contributed by atoms with van der Waals surface area (Å²) in [4.78, 5) is 18.8. The Labute approximate surface area is 198 Å². The Morgan fingerprint density at radius 3 is 2.29 bits per heavy atom. The topological polar surface area (TPSA) is 131 Å². The SMILES string of the molecule is Nc1ncc(C(O)C(O)CCNC(=O)OCC2c3ccccc3-c3ccccc32)c(C(F)(F)F)n1. The largest absolute Gasteiger partial charge is 0.449 e.